The maximum Gasteiger partial charge on any atom is 0.227 e. The summed E-state index contributed by atoms with van der Waals surface area (Å²) in [6.07, 6.45) is 10.6. The SMILES string of the molecule is CCC(Cn1c(C2CCC2)nnc1N1CCC(C)C2(CCC2)C1)OC. The van der Waals surface area contributed by atoms with Crippen molar-refractivity contribution in [2.45, 2.75) is 83.8 Å². The van der Waals surface area contributed by atoms with Crippen LogP contribution in [0.25, 0.3) is 0 Å². The lowest BCUT2D eigenvalue weighted by Gasteiger charge is -2.53. The number of hydrogen-bond acceptors (Lipinski definition) is 4. The zero-order chi connectivity index (χ0) is 17.4. The highest BCUT2D eigenvalue weighted by molar-refractivity contribution is 5.35. The van der Waals surface area contributed by atoms with Crippen molar-refractivity contribution in [2.75, 3.05) is 25.1 Å². The molecule has 0 N–H and O–H groups in total. The molecule has 1 spiro atoms. The Hall–Kier alpha value is -1.10. The van der Waals surface area contributed by atoms with Crippen molar-refractivity contribution in [3.63, 3.8) is 0 Å². The van der Waals surface area contributed by atoms with Gasteiger partial charge in [0.2, 0.25) is 5.95 Å². The van der Waals surface area contributed by atoms with Crippen molar-refractivity contribution in [3.05, 3.63) is 5.82 Å². The van der Waals surface area contributed by atoms with Gasteiger partial charge in [-0.25, -0.2) is 0 Å². The number of methoxy groups -OCH3 is 1. The van der Waals surface area contributed by atoms with Crippen molar-refractivity contribution >= 4 is 5.95 Å². The molecule has 5 nitrogen and oxygen atoms in total. The molecule has 1 saturated heterocycles. The van der Waals surface area contributed by atoms with E-state index in [1.165, 1.54) is 57.3 Å². The monoisotopic (exact) mass is 346 g/mol. The Morgan fingerprint density at radius 2 is 2.00 bits per heavy atom. The summed E-state index contributed by atoms with van der Waals surface area (Å²) in [5.74, 6) is 3.77. The van der Waals surface area contributed by atoms with Gasteiger partial charge in [0.1, 0.15) is 5.82 Å². The molecule has 1 aliphatic heterocycles. The van der Waals surface area contributed by atoms with Gasteiger partial charge in [-0.2, -0.15) is 0 Å². The molecule has 2 unspecified atom stereocenters. The van der Waals surface area contributed by atoms with Gasteiger partial charge in [-0.15, -0.1) is 10.2 Å². The number of aromatic nitrogens is 3. The van der Waals surface area contributed by atoms with Gasteiger partial charge in [-0.3, -0.25) is 4.57 Å². The molecule has 0 aromatic carbocycles. The van der Waals surface area contributed by atoms with Crippen LogP contribution in [-0.2, 0) is 11.3 Å². The summed E-state index contributed by atoms with van der Waals surface area (Å²) in [6.45, 7) is 7.84. The Labute approximate surface area is 152 Å². The lowest BCUT2D eigenvalue weighted by Crippen LogP contribution is -2.52. The number of piperidine rings is 1. The highest BCUT2D eigenvalue weighted by atomic mass is 16.5. The van der Waals surface area contributed by atoms with E-state index in [-0.39, 0.29) is 6.10 Å². The van der Waals surface area contributed by atoms with Crippen LogP contribution in [0.2, 0.25) is 0 Å². The molecule has 2 saturated carbocycles. The van der Waals surface area contributed by atoms with E-state index in [0.717, 1.165) is 31.4 Å². The minimum Gasteiger partial charge on any atom is -0.380 e. The topological polar surface area (TPSA) is 43.2 Å². The molecule has 1 aromatic heterocycles. The van der Waals surface area contributed by atoms with Crippen LogP contribution >= 0.6 is 0 Å². The zero-order valence-corrected chi connectivity index (χ0v) is 16.2. The van der Waals surface area contributed by atoms with Gasteiger partial charge in [-0.1, -0.05) is 26.7 Å². The van der Waals surface area contributed by atoms with E-state index in [4.69, 9.17) is 9.84 Å². The third-order valence-corrected chi connectivity index (χ3v) is 7.42. The first kappa shape index (κ1) is 17.3. The van der Waals surface area contributed by atoms with Crippen LogP contribution in [0.15, 0.2) is 0 Å². The molecule has 4 rings (SSSR count). The van der Waals surface area contributed by atoms with Crippen LogP contribution in [0.1, 0.15) is 77.0 Å². The smallest absolute Gasteiger partial charge is 0.227 e. The number of anilines is 1. The lowest BCUT2D eigenvalue weighted by atomic mass is 9.59. The van der Waals surface area contributed by atoms with E-state index in [1.807, 2.05) is 7.11 Å². The Morgan fingerprint density at radius 1 is 1.20 bits per heavy atom. The average Bonchev–Trinajstić information content (AvgIpc) is 2.93. The Morgan fingerprint density at radius 3 is 2.56 bits per heavy atom. The second-order valence-corrected chi connectivity index (χ2v) is 8.69. The fourth-order valence-corrected chi connectivity index (χ4v) is 4.98. The van der Waals surface area contributed by atoms with Gasteiger partial charge in [-0.05, 0) is 49.9 Å². The predicted octanol–water partition coefficient (Wildman–Crippen LogP) is 3.99. The molecule has 25 heavy (non-hydrogen) atoms. The summed E-state index contributed by atoms with van der Waals surface area (Å²) in [5.41, 5.74) is 0.539. The van der Waals surface area contributed by atoms with Gasteiger partial charge in [0.25, 0.3) is 0 Å². The van der Waals surface area contributed by atoms with E-state index in [0.29, 0.717) is 11.3 Å². The average molecular weight is 347 g/mol. The van der Waals surface area contributed by atoms with Crippen molar-refractivity contribution in [2.24, 2.45) is 11.3 Å². The molecule has 2 aliphatic carbocycles. The van der Waals surface area contributed by atoms with E-state index < -0.39 is 0 Å². The molecular weight excluding hydrogens is 312 g/mol. The van der Waals surface area contributed by atoms with Crippen LogP contribution in [0.5, 0.6) is 0 Å². The minimum atomic E-state index is 0.245. The maximum atomic E-state index is 5.70. The molecule has 0 radical (unpaired) electrons. The molecular formula is C20H34N4O. The summed E-state index contributed by atoms with van der Waals surface area (Å²) < 4.78 is 8.10. The fourth-order valence-electron chi connectivity index (χ4n) is 4.98. The van der Waals surface area contributed by atoms with E-state index >= 15 is 0 Å². The Balaban J connectivity index is 1.60. The highest BCUT2D eigenvalue weighted by Crippen LogP contribution is 2.51. The van der Waals surface area contributed by atoms with Crippen LogP contribution in [0, 0.1) is 11.3 Å². The van der Waals surface area contributed by atoms with Crippen molar-refractivity contribution in [1.29, 1.82) is 0 Å². The number of nitrogens with zero attached hydrogens (tertiary/aromatic N) is 4. The Bertz CT molecular complexity index is 587. The molecule has 0 bridgehead atoms. The van der Waals surface area contributed by atoms with Crippen molar-refractivity contribution in [1.82, 2.24) is 14.8 Å². The molecule has 1 aromatic rings. The minimum absolute atomic E-state index is 0.245. The Kier molecular flexibility index (Phi) is 4.78. The van der Waals surface area contributed by atoms with Crippen LogP contribution < -0.4 is 4.90 Å². The van der Waals surface area contributed by atoms with Gasteiger partial charge in [0.15, 0.2) is 0 Å². The zero-order valence-electron chi connectivity index (χ0n) is 16.2. The first-order valence-electron chi connectivity index (χ1n) is 10.4. The third-order valence-electron chi connectivity index (χ3n) is 7.42. The van der Waals surface area contributed by atoms with Gasteiger partial charge >= 0.3 is 0 Å². The van der Waals surface area contributed by atoms with Crippen molar-refractivity contribution < 1.29 is 4.74 Å². The third kappa shape index (κ3) is 2.98. The second-order valence-electron chi connectivity index (χ2n) is 8.69. The summed E-state index contributed by atoms with van der Waals surface area (Å²) in [4.78, 5) is 2.54. The van der Waals surface area contributed by atoms with Gasteiger partial charge in [0.05, 0.1) is 12.6 Å². The van der Waals surface area contributed by atoms with E-state index in [9.17, 15) is 0 Å². The summed E-state index contributed by atoms with van der Waals surface area (Å²) in [5, 5.41) is 9.36. The fraction of sp³-hybridized carbons (Fsp3) is 0.900. The summed E-state index contributed by atoms with van der Waals surface area (Å²) in [6, 6.07) is 0. The highest BCUT2D eigenvalue weighted by Gasteiger charge is 2.46. The van der Waals surface area contributed by atoms with E-state index in [1.54, 1.807) is 0 Å². The number of ether oxygens (including phenoxy) is 1. The molecule has 2 heterocycles. The molecule has 140 valence electrons. The summed E-state index contributed by atoms with van der Waals surface area (Å²) >= 11 is 0. The van der Waals surface area contributed by atoms with E-state index in [2.05, 4.69) is 28.4 Å². The van der Waals surface area contributed by atoms with Crippen molar-refractivity contribution in [3.8, 4) is 0 Å². The van der Waals surface area contributed by atoms with Crippen LogP contribution in [0.4, 0.5) is 5.95 Å². The second kappa shape index (κ2) is 6.90. The standard InChI is InChI=1S/C20H34N4O/c1-4-17(25-3)13-24-18(16-7-5-8-16)21-22-19(24)23-12-9-15(2)20(14-23)10-6-11-20/h15-17H,4-14H2,1-3H3. The number of hydrogen-bond donors (Lipinski definition) is 0. The molecule has 5 heteroatoms. The normalized spacial score (nSPS) is 27.2. The van der Waals surface area contributed by atoms with Gasteiger partial charge < -0.3 is 9.64 Å². The van der Waals surface area contributed by atoms with Crippen LogP contribution in [0.3, 0.4) is 0 Å². The molecule has 0 amide bonds. The summed E-state index contributed by atoms with van der Waals surface area (Å²) in [7, 11) is 1.83. The number of rotatable bonds is 6. The molecule has 3 fully saturated rings. The first-order chi connectivity index (χ1) is 12.2. The van der Waals surface area contributed by atoms with Gasteiger partial charge in [0, 0.05) is 26.1 Å². The largest absolute Gasteiger partial charge is 0.380 e. The first-order valence-corrected chi connectivity index (χ1v) is 10.4. The predicted molar refractivity (Wildman–Crippen MR) is 100.0 cm³/mol. The quantitative estimate of drug-likeness (QED) is 0.781. The lowest BCUT2D eigenvalue weighted by molar-refractivity contribution is 0.0433. The molecule has 2 atom stereocenters. The molecule has 3 aliphatic rings. The van der Waals surface area contributed by atoms with Crippen LogP contribution in [-0.4, -0.2) is 41.1 Å². The maximum absolute atomic E-state index is 5.70.